The van der Waals surface area contributed by atoms with Crippen molar-refractivity contribution in [1.82, 2.24) is 5.32 Å². The molecule has 18 heavy (non-hydrogen) atoms. The van der Waals surface area contributed by atoms with E-state index in [1.165, 1.54) is 0 Å². The van der Waals surface area contributed by atoms with Gasteiger partial charge in [-0.1, -0.05) is 31.8 Å². The van der Waals surface area contributed by atoms with E-state index in [9.17, 15) is 4.79 Å². The minimum absolute atomic E-state index is 0.0728. The molecule has 0 aliphatic rings. The lowest BCUT2D eigenvalue weighted by Crippen LogP contribution is -2.33. The summed E-state index contributed by atoms with van der Waals surface area (Å²) >= 11 is 0. The van der Waals surface area contributed by atoms with Gasteiger partial charge in [0, 0.05) is 17.2 Å². The summed E-state index contributed by atoms with van der Waals surface area (Å²) in [5, 5.41) is 11.6. The van der Waals surface area contributed by atoms with Crippen molar-refractivity contribution in [2.24, 2.45) is 0 Å². The Morgan fingerprint density at radius 1 is 1.39 bits per heavy atom. The number of nitrogens with one attached hydrogen (secondary N) is 1. The summed E-state index contributed by atoms with van der Waals surface area (Å²) in [5.74, 6) is 5.29. The van der Waals surface area contributed by atoms with Crippen molar-refractivity contribution in [1.29, 1.82) is 0 Å². The zero-order valence-electron chi connectivity index (χ0n) is 10.9. The molecule has 0 radical (unpaired) electrons. The van der Waals surface area contributed by atoms with Crippen molar-refractivity contribution in [3.8, 4) is 11.8 Å². The zero-order valence-corrected chi connectivity index (χ0v) is 10.9. The third-order valence-corrected chi connectivity index (χ3v) is 2.76. The molecule has 0 unspecified atom stereocenters. The highest BCUT2D eigenvalue weighted by atomic mass is 16.2. The molecule has 0 atom stereocenters. The molecular weight excluding hydrogens is 226 g/mol. The Morgan fingerprint density at radius 3 is 2.72 bits per heavy atom. The lowest BCUT2D eigenvalue weighted by atomic mass is 10.1. The highest BCUT2D eigenvalue weighted by Crippen LogP contribution is 2.06. The molecule has 0 fully saturated rings. The predicted octanol–water partition coefficient (Wildman–Crippen LogP) is 1.95. The van der Waals surface area contributed by atoms with E-state index in [0.717, 1.165) is 18.4 Å². The predicted molar refractivity (Wildman–Crippen MR) is 72.2 cm³/mol. The van der Waals surface area contributed by atoms with Gasteiger partial charge in [0.2, 0.25) is 0 Å². The number of aliphatic hydroxyl groups excluding tert-OH is 1. The van der Waals surface area contributed by atoms with Gasteiger partial charge >= 0.3 is 0 Å². The highest BCUT2D eigenvalue weighted by Gasteiger charge is 2.10. The van der Waals surface area contributed by atoms with Crippen LogP contribution in [0.4, 0.5) is 0 Å². The molecule has 0 aliphatic carbocycles. The van der Waals surface area contributed by atoms with Gasteiger partial charge in [-0.25, -0.2) is 0 Å². The Morgan fingerprint density at radius 2 is 2.11 bits per heavy atom. The van der Waals surface area contributed by atoms with Crippen molar-refractivity contribution in [2.75, 3.05) is 6.61 Å². The Balaban J connectivity index is 2.79. The first-order valence-corrected chi connectivity index (χ1v) is 6.21. The molecule has 1 amide bonds. The number of aliphatic hydroxyl groups is 1. The lowest BCUT2D eigenvalue weighted by Gasteiger charge is -2.14. The van der Waals surface area contributed by atoms with Crippen LogP contribution in [0.5, 0.6) is 0 Å². The third-order valence-electron chi connectivity index (χ3n) is 2.76. The van der Waals surface area contributed by atoms with Crippen LogP contribution in [0.3, 0.4) is 0 Å². The van der Waals surface area contributed by atoms with E-state index in [4.69, 9.17) is 5.11 Å². The van der Waals surface area contributed by atoms with E-state index < -0.39 is 0 Å². The van der Waals surface area contributed by atoms with Crippen molar-refractivity contribution in [2.45, 2.75) is 32.7 Å². The molecule has 0 aliphatic heterocycles. The molecule has 3 heteroatoms. The summed E-state index contributed by atoms with van der Waals surface area (Å²) < 4.78 is 0. The van der Waals surface area contributed by atoms with E-state index >= 15 is 0 Å². The summed E-state index contributed by atoms with van der Waals surface area (Å²) in [6.45, 7) is 3.93. The molecule has 3 nitrogen and oxygen atoms in total. The number of amides is 1. The van der Waals surface area contributed by atoms with Gasteiger partial charge in [-0.05, 0) is 31.0 Å². The number of benzene rings is 1. The maximum absolute atomic E-state index is 12.0. The fourth-order valence-corrected chi connectivity index (χ4v) is 1.64. The molecule has 0 heterocycles. The number of carbonyl (C=O) groups excluding carboxylic acids is 1. The molecule has 2 N–H and O–H groups in total. The minimum Gasteiger partial charge on any atom is -0.384 e. The highest BCUT2D eigenvalue weighted by molar-refractivity contribution is 5.94. The molecule has 1 aromatic carbocycles. The quantitative estimate of drug-likeness (QED) is 0.797. The van der Waals surface area contributed by atoms with E-state index in [1.807, 2.05) is 6.07 Å². The van der Waals surface area contributed by atoms with Crippen LogP contribution >= 0.6 is 0 Å². The Labute approximate surface area is 108 Å². The van der Waals surface area contributed by atoms with Crippen LogP contribution in [0.25, 0.3) is 0 Å². The van der Waals surface area contributed by atoms with Gasteiger partial charge < -0.3 is 10.4 Å². The summed E-state index contributed by atoms with van der Waals surface area (Å²) in [6, 6.07) is 7.33. The first kappa shape index (κ1) is 14.3. The zero-order chi connectivity index (χ0) is 13.4. The van der Waals surface area contributed by atoms with Crippen LogP contribution in [-0.4, -0.2) is 23.7 Å². The average molecular weight is 245 g/mol. The van der Waals surface area contributed by atoms with Crippen LogP contribution in [0.2, 0.25) is 0 Å². The summed E-state index contributed by atoms with van der Waals surface area (Å²) in [7, 11) is 0. The molecule has 96 valence electrons. The molecule has 0 spiro atoms. The normalized spacial score (nSPS) is 9.78. The maximum atomic E-state index is 12.0. The second kappa shape index (κ2) is 7.52. The fraction of sp³-hybridized carbons (Fsp3) is 0.400. The topological polar surface area (TPSA) is 49.3 Å². The Kier molecular flexibility index (Phi) is 5.96. The van der Waals surface area contributed by atoms with Gasteiger partial charge in [-0.3, -0.25) is 4.79 Å². The lowest BCUT2D eigenvalue weighted by molar-refractivity contribution is 0.0935. The second-order valence-electron chi connectivity index (χ2n) is 4.03. The first-order valence-electron chi connectivity index (χ1n) is 6.21. The van der Waals surface area contributed by atoms with Gasteiger partial charge in [0.15, 0.2) is 0 Å². The number of hydrogen-bond acceptors (Lipinski definition) is 2. The number of rotatable bonds is 4. The van der Waals surface area contributed by atoms with Crippen molar-refractivity contribution in [3.05, 3.63) is 35.4 Å². The van der Waals surface area contributed by atoms with Gasteiger partial charge in [0.25, 0.3) is 5.91 Å². The largest absolute Gasteiger partial charge is 0.384 e. The van der Waals surface area contributed by atoms with Crippen molar-refractivity contribution in [3.63, 3.8) is 0 Å². The number of hydrogen-bond donors (Lipinski definition) is 2. The second-order valence-corrected chi connectivity index (χ2v) is 4.03. The van der Waals surface area contributed by atoms with E-state index in [2.05, 4.69) is 31.0 Å². The minimum atomic E-state index is -0.176. The number of carbonyl (C=O) groups is 1. The summed E-state index contributed by atoms with van der Waals surface area (Å²) in [6.07, 6.45) is 1.85. The van der Waals surface area contributed by atoms with Crippen LogP contribution in [-0.2, 0) is 0 Å². The van der Waals surface area contributed by atoms with Crippen LogP contribution in [0, 0.1) is 11.8 Å². The van der Waals surface area contributed by atoms with Crippen LogP contribution in [0.15, 0.2) is 24.3 Å². The van der Waals surface area contributed by atoms with E-state index in [0.29, 0.717) is 5.56 Å². The average Bonchev–Trinajstić information content (AvgIpc) is 2.42. The Hall–Kier alpha value is -1.79. The standard InChI is InChI=1S/C15H19NO2/c1-3-14(4-2)16-15(18)13-9-5-7-12(11-13)8-6-10-17/h5,7,9,11,14,17H,3-4,10H2,1-2H3,(H,16,18). The fourth-order valence-electron chi connectivity index (χ4n) is 1.64. The van der Waals surface area contributed by atoms with Gasteiger partial charge in [0.05, 0.1) is 0 Å². The maximum Gasteiger partial charge on any atom is 0.251 e. The first-order chi connectivity index (χ1) is 8.71. The molecule has 1 aromatic rings. The van der Waals surface area contributed by atoms with Crippen LogP contribution in [0.1, 0.15) is 42.6 Å². The van der Waals surface area contributed by atoms with Crippen LogP contribution < -0.4 is 5.32 Å². The monoisotopic (exact) mass is 245 g/mol. The molecule has 0 bridgehead atoms. The van der Waals surface area contributed by atoms with E-state index in [1.54, 1.807) is 18.2 Å². The molecular formula is C15H19NO2. The molecule has 0 saturated carbocycles. The van der Waals surface area contributed by atoms with Gasteiger partial charge in [-0.2, -0.15) is 0 Å². The Bertz CT molecular complexity index is 453. The third kappa shape index (κ3) is 4.23. The molecule has 1 rings (SSSR count). The van der Waals surface area contributed by atoms with Crippen molar-refractivity contribution >= 4 is 5.91 Å². The summed E-state index contributed by atoms with van der Waals surface area (Å²) in [4.78, 5) is 12.0. The summed E-state index contributed by atoms with van der Waals surface area (Å²) in [5.41, 5.74) is 1.34. The van der Waals surface area contributed by atoms with Gasteiger partial charge in [0.1, 0.15) is 6.61 Å². The van der Waals surface area contributed by atoms with Gasteiger partial charge in [-0.15, -0.1) is 0 Å². The molecule has 0 aromatic heterocycles. The van der Waals surface area contributed by atoms with Crippen molar-refractivity contribution < 1.29 is 9.90 Å². The smallest absolute Gasteiger partial charge is 0.251 e. The SMILES string of the molecule is CCC(CC)NC(=O)c1cccc(C#CCO)c1. The molecule has 0 saturated heterocycles. The van der Waals surface area contributed by atoms with E-state index in [-0.39, 0.29) is 18.6 Å².